The van der Waals surface area contributed by atoms with Crippen molar-refractivity contribution in [3.63, 3.8) is 0 Å². The van der Waals surface area contributed by atoms with Crippen molar-refractivity contribution in [2.24, 2.45) is 5.41 Å². The first-order valence-electron chi connectivity index (χ1n) is 6.18. The quantitative estimate of drug-likeness (QED) is 0.702. The fourth-order valence-corrected chi connectivity index (χ4v) is 2.80. The first-order chi connectivity index (χ1) is 7.36. The molecule has 1 aromatic carbocycles. The number of fused-ring (bicyclic) bond motifs is 1. The van der Waals surface area contributed by atoms with Gasteiger partial charge in [-0.2, -0.15) is 0 Å². The lowest BCUT2D eigenvalue weighted by Gasteiger charge is -2.46. The Morgan fingerprint density at radius 3 is 2.50 bits per heavy atom. The van der Waals surface area contributed by atoms with Gasteiger partial charge in [0, 0.05) is 0 Å². The molecule has 2 rings (SSSR count). The summed E-state index contributed by atoms with van der Waals surface area (Å²) in [5, 5.41) is 11.0. The molecule has 1 N–H and O–H groups in total. The zero-order valence-electron chi connectivity index (χ0n) is 10.7. The summed E-state index contributed by atoms with van der Waals surface area (Å²) in [6.45, 7) is 8.63. The van der Waals surface area contributed by atoms with Crippen LogP contribution in [0.25, 0.3) is 0 Å². The van der Waals surface area contributed by atoms with Crippen molar-refractivity contribution >= 4 is 0 Å². The maximum Gasteiger partial charge on any atom is 0.0947 e. The van der Waals surface area contributed by atoms with Gasteiger partial charge in [-0.05, 0) is 35.3 Å². The molecule has 0 radical (unpaired) electrons. The van der Waals surface area contributed by atoms with Crippen LogP contribution in [0.1, 0.15) is 57.6 Å². The summed E-state index contributed by atoms with van der Waals surface area (Å²) in [6.07, 6.45) is 1.94. The Morgan fingerprint density at radius 2 is 1.88 bits per heavy atom. The molecule has 1 aliphatic rings. The molecular weight excluding hydrogens is 196 g/mol. The Hall–Kier alpha value is -0.820. The molecule has 0 aliphatic heterocycles. The highest BCUT2D eigenvalue weighted by atomic mass is 16.3. The van der Waals surface area contributed by atoms with Gasteiger partial charge in [-0.25, -0.2) is 0 Å². The van der Waals surface area contributed by atoms with E-state index in [1.165, 1.54) is 5.56 Å². The lowest BCUT2D eigenvalue weighted by molar-refractivity contribution is -0.0795. The second-order valence-electron chi connectivity index (χ2n) is 6.14. The maximum atomic E-state index is 11.0. The molecule has 1 aliphatic carbocycles. The molecule has 0 aromatic heterocycles. The molecule has 0 saturated carbocycles. The van der Waals surface area contributed by atoms with E-state index < -0.39 is 5.60 Å². The third-order valence-corrected chi connectivity index (χ3v) is 4.12. The van der Waals surface area contributed by atoms with Gasteiger partial charge in [0.05, 0.1) is 5.60 Å². The molecule has 0 amide bonds. The first-order valence-corrected chi connectivity index (χ1v) is 6.18. The number of aliphatic hydroxyl groups is 1. The third-order valence-electron chi connectivity index (χ3n) is 4.12. The summed E-state index contributed by atoms with van der Waals surface area (Å²) in [4.78, 5) is 0. The van der Waals surface area contributed by atoms with E-state index in [2.05, 4.69) is 45.9 Å². The smallest absolute Gasteiger partial charge is 0.0947 e. The van der Waals surface area contributed by atoms with Gasteiger partial charge >= 0.3 is 0 Å². The molecule has 0 heterocycles. The average Bonchev–Trinajstić information content (AvgIpc) is 2.23. The van der Waals surface area contributed by atoms with Crippen molar-refractivity contribution in [1.82, 2.24) is 0 Å². The predicted octanol–water partition coefficient (Wildman–Crippen LogP) is 3.82. The number of hydrogen-bond acceptors (Lipinski definition) is 1. The van der Waals surface area contributed by atoms with Gasteiger partial charge < -0.3 is 5.11 Å². The van der Waals surface area contributed by atoms with Crippen molar-refractivity contribution in [3.8, 4) is 0 Å². The van der Waals surface area contributed by atoms with Gasteiger partial charge in [0.2, 0.25) is 0 Å². The second-order valence-corrected chi connectivity index (χ2v) is 6.14. The van der Waals surface area contributed by atoms with Gasteiger partial charge in [-0.3, -0.25) is 0 Å². The molecule has 88 valence electrons. The third kappa shape index (κ3) is 1.58. The predicted molar refractivity (Wildman–Crippen MR) is 67.4 cm³/mol. The van der Waals surface area contributed by atoms with E-state index in [0.29, 0.717) is 5.92 Å². The Bertz CT molecular complexity index is 389. The Morgan fingerprint density at radius 1 is 1.25 bits per heavy atom. The summed E-state index contributed by atoms with van der Waals surface area (Å²) < 4.78 is 0. The molecule has 1 heteroatoms. The summed E-state index contributed by atoms with van der Waals surface area (Å²) >= 11 is 0. The van der Waals surface area contributed by atoms with Gasteiger partial charge in [0.25, 0.3) is 0 Å². The largest absolute Gasteiger partial charge is 0.385 e. The normalized spacial score (nSPS) is 29.9. The number of rotatable bonds is 0. The van der Waals surface area contributed by atoms with Crippen LogP contribution in [0.3, 0.4) is 0 Å². The minimum atomic E-state index is -0.671. The molecule has 2 unspecified atom stereocenters. The monoisotopic (exact) mass is 218 g/mol. The Kier molecular flexibility index (Phi) is 2.62. The fraction of sp³-hybridized carbons (Fsp3) is 0.600. The van der Waals surface area contributed by atoms with E-state index in [4.69, 9.17) is 0 Å². The SMILES string of the molecule is CC1CCC(O)(C(C)(C)C)c2ccccc21. The highest BCUT2D eigenvalue weighted by Gasteiger charge is 2.45. The van der Waals surface area contributed by atoms with E-state index >= 15 is 0 Å². The van der Waals surface area contributed by atoms with Crippen molar-refractivity contribution in [1.29, 1.82) is 0 Å². The first kappa shape index (κ1) is 11.7. The van der Waals surface area contributed by atoms with Crippen LogP contribution in [0, 0.1) is 5.41 Å². The Balaban J connectivity index is 2.58. The van der Waals surface area contributed by atoms with Crippen LogP contribution in [-0.4, -0.2) is 5.11 Å². The van der Waals surface area contributed by atoms with Crippen molar-refractivity contribution in [2.75, 3.05) is 0 Å². The summed E-state index contributed by atoms with van der Waals surface area (Å²) in [6, 6.07) is 8.36. The van der Waals surface area contributed by atoms with Gasteiger partial charge in [0.15, 0.2) is 0 Å². The van der Waals surface area contributed by atoms with Crippen LogP contribution in [0.2, 0.25) is 0 Å². The summed E-state index contributed by atoms with van der Waals surface area (Å²) in [5.74, 6) is 0.568. The lowest BCUT2D eigenvalue weighted by Crippen LogP contribution is -2.43. The molecule has 1 aromatic rings. The van der Waals surface area contributed by atoms with Crippen LogP contribution in [-0.2, 0) is 5.60 Å². The van der Waals surface area contributed by atoms with E-state index in [9.17, 15) is 5.11 Å². The van der Waals surface area contributed by atoms with E-state index in [0.717, 1.165) is 18.4 Å². The summed E-state index contributed by atoms with van der Waals surface area (Å²) in [5.41, 5.74) is 1.69. The maximum absolute atomic E-state index is 11.0. The molecule has 0 spiro atoms. The van der Waals surface area contributed by atoms with E-state index in [-0.39, 0.29) is 5.41 Å². The number of benzene rings is 1. The zero-order chi connectivity index (χ0) is 12.0. The molecule has 2 atom stereocenters. The van der Waals surface area contributed by atoms with Crippen molar-refractivity contribution < 1.29 is 5.11 Å². The van der Waals surface area contributed by atoms with Gasteiger partial charge in [-0.15, -0.1) is 0 Å². The van der Waals surface area contributed by atoms with Crippen molar-refractivity contribution in [2.45, 2.75) is 52.1 Å². The molecule has 1 nitrogen and oxygen atoms in total. The number of hydrogen-bond donors (Lipinski definition) is 1. The summed E-state index contributed by atoms with van der Waals surface area (Å²) in [7, 11) is 0. The van der Waals surface area contributed by atoms with Gasteiger partial charge in [0.1, 0.15) is 0 Å². The molecule has 0 bridgehead atoms. The van der Waals surface area contributed by atoms with Crippen LogP contribution >= 0.6 is 0 Å². The second kappa shape index (κ2) is 3.59. The van der Waals surface area contributed by atoms with Crippen LogP contribution in [0.15, 0.2) is 24.3 Å². The zero-order valence-corrected chi connectivity index (χ0v) is 10.7. The minimum Gasteiger partial charge on any atom is -0.385 e. The van der Waals surface area contributed by atoms with Gasteiger partial charge in [-0.1, -0.05) is 52.0 Å². The molecule has 16 heavy (non-hydrogen) atoms. The molecule has 0 fully saturated rings. The Labute approximate surface area is 98.5 Å². The fourth-order valence-electron chi connectivity index (χ4n) is 2.80. The standard InChI is InChI=1S/C15H22O/c1-11-9-10-15(16,14(2,3)4)13-8-6-5-7-12(11)13/h5-8,11,16H,9-10H2,1-4H3. The molecular formula is C15H22O. The van der Waals surface area contributed by atoms with Crippen LogP contribution in [0.5, 0.6) is 0 Å². The lowest BCUT2D eigenvalue weighted by atomic mass is 9.63. The van der Waals surface area contributed by atoms with E-state index in [1.54, 1.807) is 0 Å². The average molecular weight is 218 g/mol. The molecule has 0 saturated heterocycles. The highest BCUT2D eigenvalue weighted by molar-refractivity contribution is 5.38. The van der Waals surface area contributed by atoms with Crippen LogP contribution in [0.4, 0.5) is 0 Å². The van der Waals surface area contributed by atoms with E-state index in [1.807, 2.05) is 6.07 Å². The van der Waals surface area contributed by atoms with Crippen molar-refractivity contribution in [3.05, 3.63) is 35.4 Å². The highest BCUT2D eigenvalue weighted by Crippen LogP contribution is 2.50. The topological polar surface area (TPSA) is 20.2 Å². The minimum absolute atomic E-state index is 0.108. The van der Waals surface area contributed by atoms with Crippen LogP contribution < -0.4 is 0 Å².